The molecule has 2 heterocycles. The van der Waals surface area contributed by atoms with E-state index >= 15 is 0 Å². The van der Waals surface area contributed by atoms with E-state index < -0.39 is 0 Å². The van der Waals surface area contributed by atoms with Crippen LogP contribution in [0.1, 0.15) is 60.9 Å². The van der Waals surface area contributed by atoms with Crippen LogP contribution in [0.3, 0.4) is 0 Å². The SMILES string of the molecule is c1ccc2c(CCC3NC4CCCCC4c4c3[nH]c3ccccc43)cccc2c1. The van der Waals surface area contributed by atoms with Crippen molar-refractivity contribution in [3.63, 3.8) is 0 Å². The summed E-state index contributed by atoms with van der Waals surface area (Å²) in [5.74, 6) is 0.670. The molecule has 2 aliphatic rings. The van der Waals surface area contributed by atoms with Crippen LogP contribution in [0.25, 0.3) is 21.7 Å². The van der Waals surface area contributed by atoms with Crippen molar-refractivity contribution in [1.29, 1.82) is 0 Å². The van der Waals surface area contributed by atoms with Crippen molar-refractivity contribution in [3.05, 3.63) is 83.6 Å². The molecule has 2 N–H and O–H groups in total. The fraction of sp³-hybridized carbons (Fsp3) is 0.333. The van der Waals surface area contributed by atoms with Crippen LogP contribution in [0, 0.1) is 0 Å². The molecule has 0 radical (unpaired) electrons. The van der Waals surface area contributed by atoms with Crippen molar-refractivity contribution in [2.45, 2.75) is 56.5 Å². The van der Waals surface area contributed by atoms with E-state index in [-0.39, 0.29) is 0 Å². The molecule has 3 unspecified atom stereocenters. The number of benzene rings is 3. The highest BCUT2D eigenvalue weighted by Gasteiger charge is 2.38. The molecule has 29 heavy (non-hydrogen) atoms. The first-order valence-corrected chi connectivity index (χ1v) is 11.2. The number of rotatable bonds is 3. The van der Waals surface area contributed by atoms with E-state index in [4.69, 9.17) is 0 Å². The van der Waals surface area contributed by atoms with E-state index in [2.05, 4.69) is 77.0 Å². The van der Waals surface area contributed by atoms with Gasteiger partial charge in [-0.1, -0.05) is 73.5 Å². The standard InChI is InChI=1S/C27H28N2/c1-2-11-20-18(8-1)9-7-10-19(20)16-17-25-27-26(21-12-3-5-14-23(21)28-25)22-13-4-6-15-24(22)29-27/h1-2,4,6-11,13,15,21,23,25,28-29H,3,5,12,14,16-17H2. The van der Waals surface area contributed by atoms with Crippen LogP contribution >= 0.6 is 0 Å². The summed E-state index contributed by atoms with van der Waals surface area (Å²) in [7, 11) is 0. The van der Waals surface area contributed by atoms with Gasteiger partial charge < -0.3 is 10.3 Å². The largest absolute Gasteiger partial charge is 0.357 e. The second-order valence-corrected chi connectivity index (χ2v) is 8.89. The van der Waals surface area contributed by atoms with Crippen molar-refractivity contribution in [3.8, 4) is 0 Å². The van der Waals surface area contributed by atoms with Crippen molar-refractivity contribution >= 4 is 21.7 Å². The Hall–Kier alpha value is -2.58. The first-order chi connectivity index (χ1) is 14.4. The number of H-pyrrole nitrogens is 1. The molecule has 2 heteroatoms. The molecular weight excluding hydrogens is 352 g/mol. The van der Waals surface area contributed by atoms with E-state index in [0.717, 1.165) is 12.8 Å². The van der Waals surface area contributed by atoms with Gasteiger partial charge in [0.2, 0.25) is 0 Å². The van der Waals surface area contributed by atoms with Crippen LogP contribution in [-0.2, 0) is 6.42 Å². The van der Waals surface area contributed by atoms with Gasteiger partial charge in [-0.15, -0.1) is 0 Å². The first kappa shape index (κ1) is 17.3. The van der Waals surface area contributed by atoms with Crippen molar-refractivity contribution in [2.75, 3.05) is 0 Å². The molecule has 4 aromatic rings. The van der Waals surface area contributed by atoms with Gasteiger partial charge in [0.1, 0.15) is 0 Å². The normalized spacial score (nSPS) is 23.8. The second kappa shape index (κ2) is 7.03. The lowest BCUT2D eigenvalue weighted by Crippen LogP contribution is -2.44. The lowest BCUT2D eigenvalue weighted by atomic mass is 9.74. The molecule has 146 valence electrons. The van der Waals surface area contributed by atoms with Gasteiger partial charge in [-0.2, -0.15) is 0 Å². The van der Waals surface area contributed by atoms with Crippen molar-refractivity contribution in [2.24, 2.45) is 0 Å². The van der Waals surface area contributed by atoms with E-state index in [1.807, 2.05) is 0 Å². The number of aryl methyl sites for hydroxylation is 1. The molecular formula is C27H28N2. The third-order valence-electron chi connectivity index (χ3n) is 7.26. The summed E-state index contributed by atoms with van der Waals surface area (Å²) in [6, 6.07) is 25.5. The van der Waals surface area contributed by atoms with Gasteiger partial charge in [0.15, 0.2) is 0 Å². The summed E-state index contributed by atoms with van der Waals surface area (Å²) in [6.45, 7) is 0. The van der Waals surface area contributed by atoms with E-state index in [0.29, 0.717) is 18.0 Å². The zero-order valence-electron chi connectivity index (χ0n) is 16.8. The summed E-state index contributed by atoms with van der Waals surface area (Å²) in [6.07, 6.45) is 7.60. The van der Waals surface area contributed by atoms with Crippen molar-refractivity contribution < 1.29 is 0 Å². The minimum atomic E-state index is 0.413. The van der Waals surface area contributed by atoms with Gasteiger partial charge in [-0.3, -0.25) is 0 Å². The number of aromatic nitrogens is 1. The molecule has 6 rings (SSSR count). The molecule has 0 saturated heterocycles. The topological polar surface area (TPSA) is 27.8 Å². The zero-order chi connectivity index (χ0) is 19.2. The Morgan fingerprint density at radius 3 is 2.55 bits per heavy atom. The van der Waals surface area contributed by atoms with Crippen LogP contribution in [0.4, 0.5) is 0 Å². The number of hydrogen-bond donors (Lipinski definition) is 2. The Kier molecular flexibility index (Phi) is 4.19. The predicted octanol–water partition coefficient (Wildman–Crippen LogP) is 6.62. The first-order valence-electron chi connectivity index (χ1n) is 11.2. The van der Waals surface area contributed by atoms with Crippen LogP contribution in [0.2, 0.25) is 0 Å². The Bertz CT molecular complexity index is 1170. The monoisotopic (exact) mass is 380 g/mol. The molecule has 0 spiro atoms. The highest BCUT2D eigenvalue weighted by atomic mass is 15.0. The molecule has 1 aliphatic heterocycles. The van der Waals surface area contributed by atoms with Crippen LogP contribution in [0.15, 0.2) is 66.7 Å². The minimum absolute atomic E-state index is 0.413. The molecule has 3 aromatic carbocycles. The molecule has 1 saturated carbocycles. The minimum Gasteiger partial charge on any atom is -0.357 e. The highest BCUT2D eigenvalue weighted by molar-refractivity contribution is 5.86. The fourth-order valence-corrected chi connectivity index (χ4v) is 5.91. The van der Waals surface area contributed by atoms with E-state index in [9.17, 15) is 0 Å². The number of aromatic amines is 1. The summed E-state index contributed by atoms with van der Waals surface area (Å²) in [4.78, 5) is 3.81. The van der Waals surface area contributed by atoms with Crippen LogP contribution in [0.5, 0.6) is 0 Å². The van der Waals surface area contributed by atoms with Gasteiger partial charge in [0, 0.05) is 34.6 Å². The summed E-state index contributed by atoms with van der Waals surface area (Å²) in [5.41, 5.74) is 5.84. The van der Waals surface area contributed by atoms with Crippen molar-refractivity contribution in [1.82, 2.24) is 10.3 Å². The third kappa shape index (κ3) is 2.89. The Morgan fingerprint density at radius 1 is 0.793 bits per heavy atom. The smallest absolute Gasteiger partial charge is 0.0481 e. The maximum Gasteiger partial charge on any atom is 0.0481 e. The van der Waals surface area contributed by atoms with Crippen LogP contribution < -0.4 is 5.32 Å². The maximum atomic E-state index is 4.06. The third-order valence-corrected chi connectivity index (χ3v) is 7.26. The van der Waals surface area contributed by atoms with Gasteiger partial charge in [-0.05, 0) is 53.6 Å². The Labute approximate surface area is 172 Å². The summed E-state index contributed by atoms with van der Waals surface area (Å²) < 4.78 is 0. The molecule has 1 aromatic heterocycles. The van der Waals surface area contributed by atoms with Gasteiger partial charge in [0.25, 0.3) is 0 Å². The molecule has 2 nitrogen and oxygen atoms in total. The predicted molar refractivity (Wildman–Crippen MR) is 121 cm³/mol. The molecule has 1 aliphatic carbocycles. The number of fused-ring (bicyclic) bond motifs is 6. The summed E-state index contributed by atoms with van der Waals surface area (Å²) >= 11 is 0. The van der Waals surface area contributed by atoms with Gasteiger partial charge in [-0.25, -0.2) is 0 Å². The maximum absolute atomic E-state index is 4.06. The molecule has 0 amide bonds. The summed E-state index contributed by atoms with van der Waals surface area (Å²) in [5, 5.41) is 8.26. The lowest BCUT2D eigenvalue weighted by molar-refractivity contribution is 0.269. The number of hydrogen-bond acceptors (Lipinski definition) is 1. The second-order valence-electron chi connectivity index (χ2n) is 8.89. The molecule has 0 bridgehead atoms. The van der Waals surface area contributed by atoms with Gasteiger partial charge >= 0.3 is 0 Å². The van der Waals surface area contributed by atoms with Crippen LogP contribution in [-0.4, -0.2) is 11.0 Å². The highest BCUT2D eigenvalue weighted by Crippen LogP contribution is 2.45. The fourth-order valence-electron chi connectivity index (χ4n) is 5.91. The zero-order valence-corrected chi connectivity index (χ0v) is 16.8. The lowest BCUT2D eigenvalue weighted by Gasteiger charge is -2.41. The molecule has 3 atom stereocenters. The quantitative estimate of drug-likeness (QED) is 0.410. The average Bonchev–Trinajstić information content (AvgIpc) is 3.17. The Morgan fingerprint density at radius 2 is 1.59 bits per heavy atom. The van der Waals surface area contributed by atoms with E-state index in [1.54, 1.807) is 5.56 Å². The van der Waals surface area contributed by atoms with Gasteiger partial charge in [0.05, 0.1) is 0 Å². The Balaban J connectivity index is 1.37. The van der Waals surface area contributed by atoms with E-state index in [1.165, 1.54) is 58.6 Å². The number of para-hydroxylation sites is 1. The number of nitrogens with one attached hydrogen (secondary N) is 2. The average molecular weight is 381 g/mol. The molecule has 1 fully saturated rings.